The van der Waals surface area contributed by atoms with Gasteiger partial charge >= 0.3 is 0 Å². The summed E-state index contributed by atoms with van der Waals surface area (Å²) in [4.78, 5) is 12.7. The Morgan fingerprint density at radius 1 is 1.40 bits per heavy atom. The summed E-state index contributed by atoms with van der Waals surface area (Å²) in [7, 11) is 0. The summed E-state index contributed by atoms with van der Waals surface area (Å²) in [5, 5.41) is 0. The SMILES string of the molecule is CC(C)C(=O)CCCCc1ccc(Cl)s1. The molecule has 1 rings (SSSR count). The number of carbonyl (C=O) groups excluding carboxylic acids is 1. The van der Waals surface area contributed by atoms with E-state index < -0.39 is 0 Å². The molecule has 0 saturated heterocycles. The molecule has 0 spiro atoms. The van der Waals surface area contributed by atoms with Crippen molar-refractivity contribution in [1.82, 2.24) is 0 Å². The van der Waals surface area contributed by atoms with Crippen LogP contribution >= 0.6 is 22.9 Å². The average Bonchev–Trinajstić information content (AvgIpc) is 2.58. The van der Waals surface area contributed by atoms with Gasteiger partial charge in [0.05, 0.1) is 4.34 Å². The molecule has 0 amide bonds. The van der Waals surface area contributed by atoms with Gasteiger partial charge in [0.2, 0.25) is 0 Å². The number of aryl methyl sites for hydroxylation is 1. The van der Waals surface area contributed by atoms with Crippen molar-refractivity contribution < 1.29 is 4.79 Å². The van der Waals surface area contributed by atoms with Crippen LogP contribution in [0.5, 0.6) is 0 Å². The van der Waals surface area contributed by atoms with Crippen LogP contribution in [-0.4, -0.2) is 5.78 Å². The van der Waals surface area contributed by atoms with Gasteiger partial charge in [-0.15, -0.1) is 11.3 Å². The smallest absolute Gasteiger partial charge is 0.135 e. The summed E-state index contributed by atoms with van der Waals surface area (Å²) >= 11 is 7.46. The highest BCUT2D eigenvalue weighted by molar-refractivity contribution is 7.16. The van der Waals surface area contributed by atoms with Crippen molar-refractivity contribution in [2.45, 2.75) is 39.5 Å². The molecule has 1 aromatic rings. The molecule has 3 heteroatoms. The third-order valence-electron chi connectivity index (χ3n) is 2.37. The Bertz CT molecular complexity index is 317. The van der Waals surface area contributed by atoms with Crippen molar-refractivity contribution in [1.29, 1.82) is 0 Å². The van der Waals surface area contributed by atoms with Crippen molar-refractivity contribution in [3.63, 3.8) is 0 Å². The molecule has 15 heavy (non-hydrogen) atoms. The molecule has 0 aliphatic carbocycles. The van der Waals surface area contributed by atoms with Crippen molar-refractivity contribution in [2.75, 3.05) is 0 Å². The molecule has 0 aliphatic heterocycles. The summed E-state index contributed by atoms with van der Waals surface area (Å²) < 4.78 is 0.850. The molecule has 84 valence electrons. The zero-order valence-electron chi connectivity index (χ0n) is 9.25. The van der Waals surface area contributed by atoms with Crippen LogP contribution in [0.4, 0.5) is 0 Å². The second-order valence-corrected chi connectivity index (χ2v) is 5.83. The van der Waals surface area contributed by atoms with Gasteiger partial charge in [0.1, 0.15) is 5.78 Å². The maximum atomic E-state index is 11.3. The van der Waals surface area contributed by atoms with E-state index in [9.17, 15) is 4.79 Å². The lowest BCUT2D eigenvalue weighted by Crippen LogP contribution is -2.06. The van der Waals surface area contributed by atoms with Gasteiger partial charge in [-0.05, 0) is 31.4 Å². The highest BCUT2D eigenvalue weighted by atomic mass is 35.5. The maximum Gasteiger partial charge on any atom is 0.135 e. The topological polar surface area (TPSA) is 17.1 Å². The Labute approximate surface area is 100 Å². The minimum absolute atomic E-state index is 0.182. The summed E-state index contributed by atoms with van der Waals surface area (Å²) in [6.45, 7) is 3.92. The van der Waals surface area contributed by atoms with Gasteiger partial charge in [-0.3, -0.25) is 4.79 Å². The first-order chi connectivity index (χ1) is 7.09. The molecule has 0 unspecified atom stereocenters. The second kappa shape index (κ2) is 6.29. The number of thiophene rings is 1. The predicted octanol–water partition coefficient (Wildman–Crippen LogP) is 4.34. The molecule has 0 N–H and O–H groups in total. The second-order valence-electron chi connectivity index (χ2n) is 4.03. The average molecular weight is 245 g/mol. The number of ketones is 1. The largest absolute Gasteiger partial charge is 0.299 e. The van der Waals surface area contributed by atoms with E-state index in [2.05, 4.69) is 6.07 Å². The number of Topliss-reactive ketones (excluding diaryl/α,β-unsaturated/α-hetero) is 1. The number of halogens is 1. The molecule has 0 aliphatic rings. The maximum absolute atomic E-state index is 11.3. The quantitative estimate of drug-likeness (QED) is 0.681. The standard InChI is InChI=1S/C12H17ClOS/c1-9(2)11(14)6-4-3-5-10-7-8-12(13)15-10/h7-9H,3-6H2,1-2H3. The summed E-state index contributed by atoms with van der Waals surface area (Å²) in [5.41, 5.74) is 0. The fraction of sp³-hybridized carbons (Fsp3) is 0.583. The van der Waals surface area contributed by atoms with Gasteiger partial charge in [0.15, 0.2) is 0 Å². The molecule has 0 aromatic carbocycles. The lowest BCUT2D eigenvalue weighted by molar-refractivity contribution is -0.122. The Kier molecular flexibility index (Phi) is 5.34. The highest BCUT2D eigenvalue weighted by Gasteiger charge is 2.06. The van der Waals surface area contributed by atoms with Gasteiger partial charge < -0.3 is 0 Å². The molecule has 0 fully saturated rings. The van der Waals surface area contributed by atoms with Crippen LogP contribution in [0.25, 0.3) is 0 Å². The predicted molar refractivity (Wildman–Crippen MR) is 66.7 cm³/mol. The fourth-order valence-corrected chi connectivity index (χ4v) is 2.50. The van der Waals surface area contributed by atoms with Crippen LogP contribution < -0.4 is 0 Å². The first-order valence-electron chi connectivity index (χ1n) is 5.36. The lowest BCUT2D eigenvalue weighted by Gasteiger charge is -2.02. The third-order valence-corrected chi connectivity index (χ3v) is 3.66. The van der Waals surface area contributed by atoms with Crippen LogP contribution in [0.1, 0.15) is 38.0 Å². The first kappa shape index (κ1) is 12.7. The van der Waals surface area contributed by atoms with Gasteiger partial charge in [-0.2, -0.15) is 0 Å². The molecular formula is C12H17ClOS. The van der Waals surface area contributed by atoms with Gasteiger partial charge in [-0.1, -0.05) is 25.4 Å². The Balaban J connectivity index is 2.15. The zero-order chi connectivity index (χ0) is 11.3. The van der Waals surface area contributed by atoms with E-state index in [-0.39, 0.29) is 5.92 Å². The van der Waals surface area contributed by atoms with E-state index in [1.165, 1.54) is 4.88 Å². The van der Waals surface area contributed by atoms with Crippen LogP contribution in [-0.2, 0) is 11.2 Å². The number of hydrogen-bond donors (Lipinski definition) is 0. The van der Waals surface area contributed by atoms with Crippen molar-refractivity contribution in [2.24, 2.45) is 5.92 Å². The Morgan fingerprint density at radius 2 is 2.13 bits per heavy atom. The first-order valence-corrected chi connectivity index (χ1v) is 6.56. The van der Waals surface area contributed by atoms with E-state index in [1.54, 1.807) is 11.3 Å². The summed E-state index contributed by atoms with van der Waals surface area (Å²) in [5.74, 6) is 0.556. The molecule has 0 saturated carbocycles. The number of hydrogen-bond acceptors (Lipinski definition) is 2. The molecule has 0 radical (unpaired) electrons. The zero-order valence-corrected chi connectivity index (χ0v) is 10.8. The molecular weight excluding hydrogens is 228 g/mol. The number of unbranched alkanes of at least 4 members (excludes halogenated alkanes) is 1. The van der Waals surface area contributed by atoms with Crippen LogP contribution in [0, 0.1) is 5.92 Å². The summed E-state index contributed by atoms with van der Waals surface area (Å²) in [6, 6.07) is 4.00. The van der Waals surface area contributed by atoms with E-state index in [1.807, 2.05) is 19.9 Å². The van der Waals surface area contributed by atoms with E-state index in [0.29, 0.717) is 5.78 Å². The lowest BCUT2D eigenvalue weighted by atomic mass is 10.0. The van der Waals surface area contributed by atoms with Crippen molar-refractivity contribution in [3.8, 4) is 0 Å². The Morgan fingerprint density at radius 3 is 2.67 bits per heavy atom. The fourth-order valence-electron chi connectivity index (χ4n) is 1.37. The van der Waals surface area contributed by atoms with Gasteiger partial charge in [0, 0.05) is 17.2 Å². The van der Waals surface area contributed by atoms with E-state index >= 15 is 0 Å². The molecule has 0 bridgehead atoms. The molecule has 0 atom stereocenters. The van der Waals surface area contributed by atoms with Crippen LogP contribution in [0.3, 0.4) is 0 Å². The minimum Gasteiger partial charge on any atom is -0.299 e. The molecule has 1 aromatic heterocycles. The van der Waals surface area contributed by atoms with Gasteiger partial charge in [0.25, 0.3) is 0 Å². The normalized spacial score (nSPS) is 10.9. The van der Waals surface area contributed by atoms with Gasteiger partial charge in [-0.25, -0.2) is 0 Å². The van der Waals surface area contributed by atoms with Crippen molar-refractivity contribution in [3.05, 3.63) is 21.3 Å². The van der Waals surface area contributed by atoms with E-state index in [0.717, 1.165) is 30.0 Å². The molecule has 1 heterocycles. The minimum atomic E-state index is 0.182. The molecule has 1 nitrogen and oxygen atoms in total. The monoisotopic (exact) mass is 244 g/mol. The summed E-state index contributed by atoms with van der Waals surface area (Å²) in [6.07, 6.45) is 3.83. The number of rotatable bonds is 6. The highest BCUT2D eigenvalue weighted by Crippen LogP contribution is 2.23. The van der Waals surface area contributed by atoms with Crippen LogP contribution in [0.2, 0.25) is 4.34 Å². The van der Waals surface area contributed by atoms with Crippen LogP contribution in [0.15, 0.2) is 12.1 Å². The number of carbonyl (C=O) groups is 1. The van der Waals surface area contributed by atoms with E-state index in [4.69, 9.17) is 11.6 Å². The third kappa shape index (κ3) is 4.80. The Hall–Kier alpha value is -0.340. The van der Waals surface area contributed by atoms with Crippen molar-refractivity contribution >= 4 is 28.7 Å².